The van der Waals surface area contributed by atoms with Crippen LogP contribution in [0, 0.1) is 5.82 Å². The van der Waals surface area contributed by atoms with E-state index in [-0.39, 0.29) is 40.4 Å². The average molecular weight is 421 g/mol. The predicted molar refractivity (Wildman–Crippen MR) is 108 cm³/mol. The molecule has 2 aromatic heterocycles. The van der Waals surface area contributed by atoms with E-state index in [1.165, 1.54) is 28.3 Å². The zero-order chi connectivity index (χ0) is 21.5. The van der Waals surface area contributed by atoms with E-state index >= 15 is 0 Å². The van der Waals surface area contributed by atoms with Gasteiger partial charge in [0.1, 0.15) is 11.5 Å². The number of pyridine rings is 1. The molecule has 0 aliphatic rings. The van der Waals surface area contributed by atoms with Crippen LogP contribution in [0.2, 0.25) is 5.02 Å². The summed E-state index contributed by atoms with van der Waals surface area (Å²) in [5, 5.41) is 2.26. The van der Waals surface area contributed by atoms with Crippen LogP contribution in [-0.2, 0) is 20.1 Å². The Kier molecular flexibility index (Phi) is 5.43. The van der Waals surface area contributed by atoms with Crippen LogP contribution in [-0.4, -0.2) is 19.6 Å². The summed E-state index contributed by atoms with van der Waals surface area (Å²) >= 11 is 5.74. The van der Waals surface area contributed by atoms with Crippen molar-refractivity contribution in [1.29, 1.82) is 0 Å². The number of carbonyl (C=O) groups is 1. The van der Waals surface area contributed by atoms with Gasteiger partial charge in [-0.3, -0.25) is 28.1 Å². The molecule has 2 heterocycles. The van der Waals surface area contributed by atoms with Gasteiger partial charge in [-0.2, -0.15) is 0 Å². The van der Waals surface area contributed by atoms with Gasteiger partial charge in [0.25, 0.3) is 17.0 Å². The lowest BCUT2D eigenvalue weighted by atomic mass is 10.1. The largest absolute Gasteiger partial charge is 0.332 e. The predicted octanol–water partition coefficient (Wildman–Crippen LogP) is 1.95. The number of nitrogens with one attached hydrogen (secondary N) is 1. The Hall–Kier alpha value is -3.20. The standard InChI is InChI=1S/C19H18ClFN4O4/c1-4-24-14(26)9-11(16(27)22-10-6-7-13(21)12(20)8-10)15-17(24)23(3)19(29)25(5-2)18(15)28/h6-9H,4-5H2,1-3H3,(H,22,27). The third-order valence-corrected chi connectivity index (χ3v) is 4.92. The van der Waals surface area contributed by atoms with Crippen LogP contribution in [0.3, 0.4) is 0 Å². The Bertz CT molecular complexity index is 1320. The third kappa shape index (κ3) is 3.38. The molecule has 0 saturated carbocycles. The average Bonchev–Trinajstić information content (AvgIpc) is 2.68. The van der Waals surface area contributed by atoms with E-state index in [2.05, 4.69) is 5.32 Å². The highest BCUT2D eigenvalue weighted by atomic mass is 35.5. The van der Waals surface area contributed by atoms with E-state index in [0.717, 1.165) is 16.7 Å². The second kappa shape index (κ2) is 7.67. The summed E-state index contributed by atoms with van der Waals surface area (Å²) < 4.78 is 16.8. The van der Waals surface area contributed by atoms with Gasteiger partial charge in [-0.1, -0.05) is 11.6 Å². The maximum atomic E-state index is 13.4. The van der Waals surface area contributed by atoms with E-state index in [1.807, 2.05) is 0 Å². The van der Waals surface area contributed by atoms with E-state index < -0.39 is 28.5 Å². The number of rotatable bonds is 4. The Morgan fingerprint density at radius 3 is 2.34 bits per heavy atom. The van der Waals surface area contributed by atoms with Gasteiger partial charge in [0.15, 0.2) is 0 Å². The monoisotopic (exact) mass is 420 g/mol. The number of hydrogen-bond donors (Lipinski definition) is 1. The van der Waals surface area contributed by atoms with Gasteiger partial charge in [0.2, 0.25) is 0 Å². The quantitative estimate of drug-likeness (QED) is 0.697. The van der Waals surface area contributed by atoms with E-state index in [0.29, 0.717) is 0 Å². The Balaban J connectivity index is 2.32. The number of halogens is 2. The molecule has 0 fully saturated rings. The first kappa shape index (κ1) is 20.5. The molecular formula is C19H18ClFN4O4. The van der Waals surface area contributed by atoms with Crippen molar-refractivity contribution in [3.63, 3.8) is 0 Å². The van der Waals surface area contributed by atoms with Gasteiger partial charge < -0.3 is 5.32 Å². The molecule has 0 spiro atoms. The normalized spacial score (nSPS) is 11.1. The van der Waals surface area contributed by atoms with Crippen molar-refractivity contribution in [2.24, 2.45) is 7.05 Å². The summed E-state index contributed by atoms with van der Waals surface area (Å²) in [7, 11) is 1.43. The number of amides is 1. The van der Waals surface area contributed by atoms with E-state index in [1.54, 1.807) is 13.8 Å². The highest BCUT2D eigenvalue weighted by Gasteiger charge is 2.22. The van der Waals surface area contributed by atoms with Crippen molar-refractivity contribution in [3.8, 4) is 0 Å². The van der Waals surface area contributed by atoms with Crippen LogP contribution in [0.15, 0.2) is 38.6 Å². The molecule has 0 aliphatic heterocycles. The number of anilines is 1. The Labute approximate surface area is 168 Å². The van der Waals surface area contributed by atoms with Crippen molar-refractivity contribution in [3.05, 3.63) is 71.9 Å². The van der Waals surface area contributed by atoms with Crippen LogP contribution in [0.1, 0.15) is 24.2 Å². The lowest BCUT2D eigenvalue weighted by Crippen LogP contribution is -2.42. The summed E-state index contributed by atoms with van der Waals surface area (Å²) in [6.07, 6.45) is 0. The molecule has 0 saturated heterocycles. The first-order valence-corrected chi connectivity index (χ1v) is 9.22. The first-order valence-electron chi connectivity index (χ1n) is 8.85. The number of carbonyl (C=O) groups excluding carboxylic acids is 1. The van der Waals surface area contributed by atoms with Crippen LogP contribution in [0.25, 0.3) is 11.0 Å². The van der Waals surface area contributed by atoms with Crippen molar-refractivity contribution in [1.82, 2.24) is 13.7 Å². The lowest BCUT2D eigenvalue weighted by molar-refractivity contribution is 0.102. The molecule has 1 amide bonds. The number of nitrogens with zero attached hydrogens (tertiary/aromatic N) is 3. The summed E-state index contributed by atoms with van der Waals surface area (Å²) in [5.41, 5.74) is -1.73. The molecular weight excluding hydrogens is 403 g/mol. The summed E-state index contributed by atoms with van der Waals surface area (Å²) in [6, 6.07) is 4.65. The van der Waals surface area contributed by atoms with Gasteiger partial charge in [0.05, 0.1) is 16.0 Å². The van der Waals surface area contributed by atoms with Gasteiger partial charge in [-0.25, -0.2) is 9.18 Å². The molecule has 29 heavy (non-hydrogen) atoms. The molecule has 8 nitrogen and oxygen atoms in total. The lowest BCUT2D eigenvalue weighted by Gasteiger charge is -2.16. The second-order valence-corrected chi connectivity index (χ2v) is 6.72. The summed E-state index contributed by atoms with van der Waals surface area (Å²) in [4.78, 5) is 50.9. The van der Waals surface area contributed by atoms with Crippen molar-refractivity contribution < 1.29 is 9.18 Å². The minimum Gasteiger partial charge on any atom is -0.322 e. The molecule has 152 valence electrons. The maximum Gasteiger partial charge on any atom is 0.332 e. The molecule has 10 heteroatoms. The van der Waals surface area contributed by atoms with Crippen LogP contribution in [0.4, 0.5) is 10.1 Å². The maximum absolute atomic E-state index is 13.4. The zero-order valence-corrected chi connectivity index (χ0v) is 16.7. The Morgan fingerprint density at radius 2 is 1.76 bits per heavy atom. The summed E-state index contributed by atoms with van der Waals surface area (Å²) in [6.45, 7) is 3.62. The van der Waals surface area contributed by atoms with Crippen LogP contribution >= 0.6 is 11.6 Å². The SMILES string of the molecule is CCn1c(=O)c2c(C(=O)Nc3ccc(F)c(Cl)c3)cc(=O)n(CC)c2n(C)c1=O. The molecule has 0 radical (unpaired) electrons. The number of benzene rings is 1. The number of hydrogen-bond acceptors (Lipinski definition) is 4. The molecule has 0 atom stereocenters. The molecule has 3 aromatic rings. The molecule has 3 rings (SSSR count). The van der Waals surface area contributed by atoms with Gasteiger partial charge in [-0.05, 0) is 32.0 Å². The topological polar surface area (TPSA) is 95.1 Å². The van der Waals surface area contributed by atoms with Crippen molar-refractivity contribution >= 4 is 34.2 Å². The van der Waals surface area contributed by atoms with Crippen molar-refractivity contribution in [2.75, 3.05) is 5.32 Å². The van der Waals surface area contributed by atoms with Crippen molar-refractivity contribution in [2.45, 2.75) is 26.9 Å². The number of aromatic nitrogens is 3. The van der Waals surface area contributed by atoms with E-state index in [4.69, 9.17) is 11.6 Å². The summed E-state index contributed by atoms with van der Waals surface area (Å²) in [5.74, 6) is -1.40. The molecule has 1 N–H and O–H groups in total. The highest BCUT2D eigenvalue weighted by molar-refractivity contribution is 6.31. The zero-order valence-electron chi connectivity index (χ0n) is 16.0. The van der Waals surface area contributed by atoms with E-state index in [9.17, 15) is 23.6 Å². The fourth-order valence-corrected chi connectivity index (χ4v) is 3.40. The minimum atomic E-state index is -0.753. The molecule has 0 aliphatic carbocycles. The number of aryl methyl sites for hydroxylation is 2. The highest BCUT2D eigenvalue weighted by Crippen LogP contribution is 2.21. The molecule has 1 aromatic carbocycles. The Morgan fingerprint density at radius 1 is 1.10 bits per heavy atom. The van der Waals surface area contributed by atoms with Gasteiger partial charge in [0, 0.05) is 31.9 Å². The fraction of sp³-hybridized carbons (Fsp3) is 0.263. The number of fused-ring (bicyclic) bond motifs is 1. The van der Waals surface area contributed by atoms with Gasteiger partial charge >= 0.3 is 5.69 Å². The first-order chi connectivity index (χ1) is 13.7. The van der Waals surface area contributed by atoms with Gasteiger partial charge in [-0.15, -0.1) is 0 Å². The molecule has 0 unspecified atom stereocenters. The minimum absolute atomic E-state index is 0.0545. The molecule has 0 bridgehead atoms. The van der Waals surface area contributed by atoms with Crippen LogP contribution < -0.4 is 22.1 Å². The van der Waals surface area contributed by atoms with Crippen LogP contribution in [0.5, 0.6) is 0 Å². The second-order valence-electron chi connectivity index (χ2n) is 6.31. The third-order valence-electron chi connectivity index (χ3n) is 4.63. The fourth-order valence-electron chi connectivity index (χ4n) is 3.22. The smallest absolute Gasteiger partial charge is 0.322 e.